The largest absolute Gasteiger partial charge is 0.356 e. The molecule has 0 aliphatic heterocycles. The molecule has 1 aromatic carbocycles. The minimum Gasteiger partial charge on any atom is -0.356 e. The van der Waals surface area contributed by atoms with Crippen molar-refractivity contribution < 1.29 is 4.79 Å². The van der Waals surface area contributed by atoms with Gasteiger partial charge in [-0.1, -0.05) is 38.1 Å². The number of amides is 1. The van der Waals surface area contributed by atoms with Gasteiger partial charge in [0.05, 0.1) is 0 Å². The quantitative estimate of drug-likeness (QED) is 0.694. The molecule has 0 radical (unpaired) electrons. The Morgan fingerprint density at radius 2 is 1.85 bits per heavy atom. The Bertz CT molecular complexity index is 761. The molecular formula is C22H32N4O. The minimum atomic E-state index is 0.0951. The molecule has 1 fully saturated rings. The molecule has 1 aliphatic rings. The first-order valence-electron chi connectivity index (χ1n) is 10.3. The van der Waals surface area contributed by atoms with Crippen molar-refractivity contribution in [2.45, 2.75) is 71.8 Å². The Hall–Kier alpha value is -2.17. The van der Waals surface area contributed by atoms with Crippen molar-refractivity contribution in [1.82, 2.24) is 20.1 Å². The zero-order chi connectivity index (χ0) is 19.2. The molecule has 0 atom stereocenters. The Labute approximate surface area is 162 Å². The van der Waals surface area contributed by atoms with Crippen molar-refractivity contribution in [3.8, 4) is 0 Å². The molecule has 5 nitrogen and oxygen atoms in total. The Morgan fingerprint density at radius 3 is 2.52 bits per heavy atom. The number of hydrogen-bond acceptors (Lipinski definition) is 3. The number of rotatable bonds is 10. The lowest BCUT2D eigenvalue weighted by Gasteiger charge is -2.10. The fourth-order valence-corrected chi connectivity index (χ4v) is 3.41. The van der Waals surface area contributed by atoms with Crippen molar-refractivity contribution in [2.75, 3.05) is 6.54 Å². The van der Waals surface area contributed by atoms with E-state index in [1.54, 1.807) is 0 Å². The van der Waals surface area contributed by atoms with Crippen molar-refractivity contribution >= 4 is 5.91 Å². The summed E-state index contributed by atoms with van der Waals surface area (Å²) in [7, 11) is 0. The molecule has 0 spiro atoms. The van der Waals surface area contributed by atoms with Crippen LogP contribution in [0.1, 0.15) is 68.3 Å². The third-order valence-electron chi connectivity index (χ3n) is 5.25. The standard InChI is InChI=1S/C22H32N4O/c1-16(2)8-11-20-24-25-21(26(20)19-9-10-19)12-13-22(27)23-15-14-18-7-5-4-6-17(18)3/h4-7,16,19H,8-15H2,1-3H3,(H,23,27). The smallest absolute Gasteiger partial charge is 0.220 e. The first kappa shape index (κ1) is 19.6. The number of nitrogens with one attached hydrogen (secondary N) is 1. The summed E-state index contributed by atoms with van der Waals surface area (Å²) in [4.78, 5) is 12.2. The van der Waals surface area contributed by atoms with Crippen LogP contribution in [0.25, 0.3) is 0 Å². The van der Waals surface area contributed by atoms with Crippen molar-refractivity contribution in [1.29, 1.82) is 0 Å². The van der Waals surface area contributed by atoms with E-state index in [4.69, 9.17) is 0 Å². The molecule has 0 bridgehead atoms. The van der Waals surface area contributed by atoms with E-state index in [0.717, 1.165) is 30.9 Å². The lowest BCUT2D eigenvalue weighted by atomic mass is 10.1. The summed E-state index contributed by atoms with van der Waals surface area (Å²) < 4.78 is 2.31. The van der Waals surface area contributed by atoms with E-state index in [2.05, 4.69) is 53.0 Å². The second-order valence-corrected chi connectivity index (χ2v) is 8.09. The van der Waals surface area contributed by atoms with Crippen LogP contribution in [0.2, 0.25) is 0 Å². The van der Waals surface area contributed by atoms with Crippen LogP contribution in [0.5, 0.6) is 0 Å². The maximum atomic E-state index is 12.2. The summed E-state index contributed by atoms with van der Waals surface area (Å²) in [6.45, 7) is 7.26. The average molecular weight is 369 g/mol. The highest BCUT2D eigenvalue weighted by atomic mass is 16.1. The number of aryl methyl sites for hydroxylation is 3. The van der Waals surface area contributed by atoms with Crippen LogP contribution in [0.4, 0.5) is 0 Å². The van der Waals surface area contributed by atoms with Gasteiger partial charge in [0.1, 0.15) is 11.6 Å². The van der Waals surface area contributed by atoms with E-state index in [1.807, 2.05) is 12.1 Å². The van der Waals surface area contributed by atoms with Crippen LogP contribution in [-0.4, -0.2) is 27.2 Å². The molecule has 146 valence electrons. The van der Waals surface area contributed by atoms with E-state index < -0.39 is 0 Å². The van der Waals surface area contributed by atoms with E-state index in [1.165, 1.54) is 24.0 Å². The Morgan fingerprint density at radius 1 is 1.15 bits per heavy atom. The fraction of sp³-hybridized carbons (Fsp3) is 0.591. The zero-order valence-corrected chi connectivity index (χ0v) is 16.9. The molecule has 5 heteroatoms. The van der Waals surface area contributed by atoms with E-state index >= 15 is 0 Å². The monoisotopic (exact) mass is 368 g/mol. The van der Waals surface area contributed by atoms with Crippen LogP contribution < -0.4 is 5.32 Å². The van der Waals surface area contributed by atoms with Gasteiger partial charge in [-0.3, -0.25) is 4.79 Å². The minimum absolute atomic E-state index is 0.0951. The van der Waals surface area contributed by atoms with Gasteiger partial charge in [-0.25, -0.2) is 0 Å². The van der Waals surface area contributed by atoms with Crippen LogP contribution in [-0.2, 0) is 24.1 Å². The molecule has 1 N–H and O–H groups in total. The van der Waals surface area contributed by atoms with Crippen LogP contribution in [0.3, 0.4) is 0 Å². The summed E-state index contributed by atoms with van der Waals surface area (Å²) in [5.74, 6) is 2.83. The highest BCUT2D eigenvalue weighted by Crippen LogP contribution is 2.37. The van der Waals surface area contributed by atoms with Gasteiger partial charge in [-0.15, -0.1) is 10.2 Å². The highest BCUT2D eigenvalue weighted by Gasteiger charge is 2.29. The second-order valence-electron chi connectivity index (χ2n) is 8.09. The SMILES string of the molecule is Cc1ccccc1CCNC(=O)CCc1nnc(CCC(C)C)n1C1CC1. The summed E-state index contributed by atoms with van der Waals surface area (Å²) in [5, 5.41) is 11.9. The van der Waals surface area contributed by atoms with Gasteiger partial charge in [0, 0.05) is 31.8 Å². The molecule has 1 aromatic heterocycles. The molecule has 27 heavy (non-hydrogen) atoms. The summed E-state index contributed by atoms with van der Waals surface area (Å²) in [6, 6.07) is 8.88. The molecule has 1 heterocycles. The average Bonchev–Trinajstić information content (AvgIpc) is 3.40. The maximum absolute atomic E-state index is 12.2. The van der Waals surface area contributed by atoms with E-state index in [0.29, 0.717) is 31.3 Å². The van der Waals surface area contributed by atoms with Gasteiger partial charge in [0.2, 0.25) is 5.91 Å². The maximum Gasteiger partial charge on any atom is 0.220 e. The van der Waals surface area contributed by atoms with Crippen LogP contribution in [0, 0.1) is 12.8 Å². The summed E-state index contributed by atoms with van der Waals surface area (Å²) >= 11 is 0. The first-order chi connectivity index (χ1) is 13.0. The van der Waals surface area contributed by atoms with Crippen LogP contribution >= 0.6 is 0 Å². The van der Waals surface area contributed by atoms with Gasteiger partial charge in [-0.05, 0) is 49.7 Å². The lowest BCUT2D eigenvalue weighted by molar-refractivity contribution is -0.121. The topological polar surface area (TPSA) is 59.8 Å². The van der Waals surface area contributed by atoms with Gasteiger partial charge in [-0.2, -0.15) is 0 Å². The number of benzene rings is 1. The van der Waals surface area contributed by atoms with Crippen molar-refractivity contribution in [3.63, 3.8) is 0 Å². The summed E-state index contributed by atoms with van der Waals surface area (Å²) in [6.07, 6.45) is 6.54. The van der Waals surface area contributed by atoms with Gasteiger partial charge >= 0.3 is 0 Å². The number of carbonyl (C=O) groups excluding carboxylic acids is 1. The molecular weight excluding hydrogens is 336 g/mol. The lowest BCUT2D eigenvalue weighted by Crippen LogP contribution is -2.26. The van der Waals surface area contributed by atoms with Crippen LogP contribution in [0.15, 0.2) is 24.3 Å². The summed E-state index contributed by atoms with van der Waals surface area (Å²) in [5.41, 5.74) is 2.57. The molecule has 0 unspecified atom stereocenters. The molecule has 1 aliphatic carbocycles. The van der Waals surface area contributed by atoms with E-state index in [-0.39, 0.29) is 5.91 Å². The number of aromatic nitrogens is 3. The van der Waals surface area contributed by atoms with Crippen molar-refractivity contribution in [3.05, 3.63) is 47.0 Å². The Kier molecular flexibility index (Phi) is 6.64. The Balaban J connectivity index is 1.48. The highest BCUT2D eigenvalue weighted by molar-refractivity contribution is 5.76. The molecule has 1 amide bonds. The third kappa shape index (κ3) is 5.65. The number of carbonyl (C=O) groups is 1. The van der Waals surface area contributed by atoms with Gasteiger partial charge < -0.3 is 9.88 Å². The molecule has 3 rings (SSSR count). The third-order valence-corrected chi connectivity index (χ3v) is 5.25. The normalized spacial score (nSPS) is 13.9. The predicted octanol–water partition coefficient (Wildman–Crippen LogP) is 3.80. The first-order valence-corrected chi connectivity index (χ1v) is 10.3. The van der Waals surface area contributed by atoms with Gasteiger partial charge in [0.15, 0.2) is 0 Å². The second kappa shape index (κ2) is 9.16. The zero-order valence-electron chi connectivity index (χ0n) is 16.9. The van der Waals surface area contributed by atoms with Gasteiger partial charge in [0.25, 0.3) is 0 Å². The number of hydrogen-bond donors (Lipinski definition) is 1. The molecule has 1 saturated carbocycles. The molecule has 2 aromatic rings. The van der Waals surface area contributed by atoms with E-state index in [9.17, 15) is 4.79 Å². The van der Waals surface area contributed by atoms with Crippen molar-refractivity contribution in [2.24, 2.45) is 5.92 Å². The predicted molar refractivity (Wildman–Crippen MR) is 108 cm³/mol. The molecule has 0 saturated heterocycles. The fourth-order valence-electron chi connectivity index (χ4n) is 3.41. The number of nitrogens with zero attached hydrogens (tertiary/aromatic N) is 3.